The lowest BCUT2D eigenvalue weighted by molar-refractivity contribution is -0.147. The van der Waals surface area contributed by atoms with Crippen molar-refractivity contribution in [1.29, 1.82) is 0 Å². The number of rotatable bonds is 23. The molecule has 23 heteroatoms. The highest BCUT2D eigenvalue weighted by molar-refractivity contribution is 6.08. The molecule has 0 aliphatic carbocycles. The molecule has 0 aliphatic rings. The Bertz CT molecular complexity index is 4100. The number of carbonyl (C=O) groups is 5. The Morgan fingerprint density at radius 3 is 1.41 bits per heavy atom. The van der Waals surface area contributed by atoms with E-state index in [2.05, 4.69) is 35.4 Å². The molecule has 2 N–H and O–H groups in total. The van der Waals surface area contributed by atoms with Gasteiger partial charge in [0.25, 0.3) is 5.91 Å². The number of nitrogens with zero attached hydrogens (tertiary/aromatic N) is 8. The van der Waals surface area contributed by atoms with Gasteiger partial charge >= 0.3 is 29.4 Å². The number of hydroxylamine groups is 1. The first-order valence-electron chi connectivity index (χ1n) is 28.7. The molecule has 0 fully saturated rings. The predicted octanol–water partition coefficient (Wildman–Crippen LogP) is 10.6. The number of esters is 4. The largest absolute Gasteiger partial charge is 0.506 e. The lowest BCUT2D eigenvalue weighted by atomic mass is 10.1. The smallest absolute Gasteiger partial charge is 0.347 e. The first-order chi connectivity index (χ1) is 44.5. The zero-order chi connectivity index (χ0) is 64.3. The van der Waals surface area contributed by atoms with Crippen LogP contribution in [0.2, 0.25) is 0 Å². The van der Waals surface area contributed by atoms with E-state index in [0.29, 0.717) is 29.1 Å². The number of hydrogen-bond donors (Lipinski definition) is 2. The van der Waals surface area contributed by atoms with E-state index in [1.807, 2.05) is 146 Å². The van der Waals surface area contributed by atoms with Crippen molar-refractivity contribution in [3.8, 4) is 39.5 Å². The highest BCUT2D eigenvalue weighted by atomic mass is 16.7. The number of anilines is 2. The van der Waals surface area contributed by atoms with Gasteiger partial charge < -0.3 is 28.9 Å². The van der Waals surface area contributed by atoms with Crippen molar-refractivity contribution >= 4 is 52.5 Å². The molecule has 0 unspecified atom stereocenters. The van der Waals surface area contributed by atoms with Gasteiger partial charge in [-0.15, -0.1) is 4.73 Å². The van der Waals surface area contributed by atoms with Crippen LogP contribution in [-0.4, -0.2) is 96.0 Å². The molecule has 0 spiro atoms. The predicted molar refractivity (Wildman–Crippen MR) is 335 cm³/mol. The molecule has 0 saturated carbocycles. The molecule has 4 aromatic heterocycles. The molecule has 0 radical (unpaired) electrons. The zero-order valence-corrected chi connectivity index (χ0v) is 50.0. The van der Waals surface area contributed by atoms with Crippen molar-refractivity contribution in [1.82, 2.24) is 34.6 Å². The number of fused-ring (bicyclic) bond motifs is 1. The quantitative estimate of drug-likeness (QED) is 0.0260. The Balaban J connectivity index is 0.000000177. The number of aromatic nitrogens is 7. The lowest BCUT2D eigenvalue weighted by Gasteiger charge is -2.23. The Morgan fingerprint density at radius 2 is 0.890 bits per heavy atom. The number of nitrogens with one attached hydrogen (secondary N) is 1. The molecule has 0 aliphatic heterocycles. The summed E-state index contributed by atoms with van der Waals surface area (Å²) >= 11 is 0. The van der Waals surface area contributed by atoms with Gasteiger partial charge in [-0.1, -0.05) is 182 Å². The van der Waals surface area contributed by atoms with Crippen LogP contribution in [-0.2, 0) is 58.0 Å². The van der Waals surface area contributed by atoms with Crippen LogP contribution >= 0.6 is 0 Å². The molecule has 91 heavy (non-hydrogen) atoms. The normalized spacial score (nSPS) is 10.5. The third-order valence-corrected chi connectivity index (χ3v) is 12.8. The van der Waals surface area contributed by atoms with E-state index in [9.17, 15) is 33.9 Å². The SMILES string of the molecule is CCOC(=O)CC(=O)N(OCc1ccccc1)c1ncnc(-c2ccccc2)c1C(=O)OCC.CCOC(=O)c1c(NOCc2ccccc2)ncnc1-c1ccccc1.CCOC(=O)c1c(O)c2c(-c3ccccc3)ncnc2n(OCc2ccccc2)c1=O. The summed E-state index contributed by atoms with van der Waals surface area (Å²) in [4.78, 5) is 119. The van der Waals surface area contributed by atoms with Crippen molar-refractivity contribution in [3.05, 3.63) is 245 Å². The van der Waals surface area contributed by atoms with Gasteiger partial charge in [-0.2, -0.15) is 5.06 Å². The fraction of sp³-hybridized carbons (Fsp3) is 0.176. The zero-order valence-electron chi connectivity index (χ0n) is 50.0. The van der Waals surface area contributed by atoms with Gasteiger partial charge in [0.05, 0.1) is 55.5 Å². The fourth-order valence-electron chi connectivity index (χ4n) is 8.75. The van der Waals surface area contributed by atoms with Crippen molar-refractivity contribution in [2.45, 2.75) is 53.9 Å². The molecule has 0 bridgehead atoms. The Hall–Kier alpha value is -11.6. The minimum atomic E-state index is -0.952. The van der Waals surface area contributed by atoms with Crippen LogP contribution in [0, 0.1) is 0 Å². The van der Waals surface area contributed by atoms with Gasteiger partial charge in [0.1, 0.15) is 55.5 Å². The summed E-state index contributed by atoms with van der Waals surface area (Å²) in [6, 6.07) is 55.5. The Kier molecular flexibility index (Phi) is 24.1. The topological polar surface area (TPSA) is 285 Å². The molecule has 4 heterocycles. The van der Waals surface area contributed by atoms with Crippen molar-refractivity contribution in [3.63, 3.8) is 0 Å². The fourth-order valence-corrected chi connectivity index (χ4v) is 8.75. The summed E-state index contributed by atoms with van der Waals surface area (Å²) < 4.78 is 21.2. The summed E-state index contributed by atoms with van der Waals surface area (Å²) in [5, 5.41) is 11.9. The highest BCUT2D eigenvalue weighted by Gasteiger charge is 2.32. The summed E-state index contributed by atoms with van der Waals surface area (Å²) in [5.74, 6) is -4.06. The summed E-state index contributed by atoms with van der Waals surface area (Å²) in [7, 11) is 0. The molecule has 464 valence electrons. The van der Waals surface area contributed by atoms with E-state index in [1.54, 1.807) is 64.1 Å². The van der Waals surface area contributed by atoms with Crippen LogP contribution in [0.5, 0.6) is 5.75 Å². The van der Waals surface area contributed by atoms with Gasteiger partial charge in [-0.3, -0.25) is 24.1 Å². The van der Waals surface area contributed by atoms with E-state index < -0.39 is 53.1 Å². The molecule has 23 nitrogen and oxygen atoms in total. The van der Waals surface area contributed by atoms with Crippen LogP contribution in [0.3, 0.4) is 0 Å². The molecule has 10 rings (SSSR count). The third kappa shape index (κ3) is 17.4. The monoisotopic (exact) mass is 1230 g/mol. The molecule has 1 amide bonds. The molecule has 0 saturated heterocycles. The maximum absolute atomic E-state index is 13.1. The van der Waals surface area contributed by atoms with Gasteiger partial charge in [0.15, 0.2) is 22.8 Å². The number of ether oxygens (including phenoxy) is 4. The van der Waals surface area contributed by atoms with Crippen LogP contribution in [0.4, 0.5) is 11.6 Å². The third-order valence-electron chi connectivity index (χ3n) is 12.8. The van der Waals surface area contributed by atoms with Crippen LogP contribution in [0.1, 0.15) is 81.9 Å². The average molecular weight is 1230 g/mol. The van der Waals surface area contributed by atoms with Gasteiger partial charge in [0.2, 0.25) is 0 Å². The van der Waals surface area contributed by atoms with Crippen molar-refractivity contribution in [2.75, 3.05) is 37.0 Å². The summed E-state index contributed by atoms with van der Waals surface area (Å²) in [6.45, 7) is 7.55. The van der Waals surface area contributed by atoms with Crippen molar-refractivity contribution < 1.29 is 62.5 Å². The first-order valence-corrected chi connectivity index (χ1v) is 28.7. The Morgan fingerprint density at radius 1 is 0.473 bits per heavy atom. The number of carbonyl (C=O) groups excluding carboxylic acids is 5. The maximum Gasteiger partial charge on any atom is 0.347 e. The van der Waals surface area contributed by atoms with E-state index in [4.69, 9.17) is 33.5 Å². The number of amides is 1. The molecular weight excluding hydrogens is 1170 g/mol. The first kappa shape index (κ1) is 65.4. The van der Waals surface area contributed by atoms with Crippen molar-refractivity contribution in [2.24, 2.45) is 0 Å². The van der Waals surface area contributed by atoms with Gasteiger partial charge in [-0.25, -0.2) is 49.8 Å². The van der Waals surface area contributed by atoms with Crippen LogP contribution in [0.25, 0.3) is 44.8 Å². The summed E-state index contributed by atoms with van der Waals surface area (Å²) in [6.07, 6.45) is 3.28. The molecule has 10 aromatic rings. The minimum absolute atomic E-state index is 0.0116. The molecule has 0 atom stereocenters. The Labute approximate surface area is 522 Å². The van der Waals surface area contributed by atoms with E-state index >= 15 is 0 Å². The number of hydrogen-bond acceptors (Lipinski definition) is 21. The summed E-state index contributed by atoms with van der Waals surface area (Å²) in [5.41, 5.74) is 7.37. The highest BCUT2D eigenvalue weighted by Crippen LogP contribution is 2.34. The maximum atomic E-state index is 13.1. The van der Waals surface area contributed by atoms with E-state index in [0.717, 1.165) is 32.0 Å². The molecule has 6 aromatic carbocycles. The van der Waals surface area contributed by atoms with Crippen LogP contribution < -0.4 is 20.9 Å². The number of aromatic hydroxyl groups is 1. The van der Waals surface area contributed by atoms with E-state index in [1.165, 1.54) is 19.0 Å². The van der Waals surface area contributed by atoms with Crippen LogP contribution in [0.15, 0.2) is 206 Å². The number of pyridine rings is 1. The van der Waals surface area contributed by atoms with E-state index in [-0.39, 0.29) is 79.1 Å². The second kappa shape index (κ2) is 33.5. The second-order valence-corrected chi connectivity index (χ2v) is 18.9. The second-order valence-electron chi connectivity index (χ2n) is 18.9. The standard InChI is InChI=1S/C25H25N3O6.C23H19N3O5.C20H19N3O3/c1-3-32-21(30)15-20(29)28(34-16-18-11-7-5-8-12-18)24-22(25(31)33-4-2)23(26-17-27-24)19-13-9-6-10-14-19;1-2-30-23(29)18-20(27)17-19(16-11-7-4-8-12-16)24-14-25-21(17)26(22(18)28)31-13-15-9-5-3-6-10-15;1-2-25-20(24)17-18(16-11-7-4-8-12-16)21-14-22-19(17)23-26-13-15-9-5-3-6-10-15/h5-14,17H,3-4,15-16H2,1-2H3;3-12,14,27H,2,13H2,1H3;3-12,14H,2,13H2,1H3,(H,21,22,23). The minimum Gasteiger partial charge on any atom is -0.506 e. The lowest BCUT2D eigenvalue weighted by Crippen LogP contribution is -2.35. The van der Waals surface area contributed by atoms with Gasteiger partial charge in [0, 0.05) is 16.7 Å². The molecular formula is C68H63N9O14. The number of benzene rings is 6. The average Bonchev–Trinajstić information content (AvgIpc) is 0.906. The van der Waals surface area contributed by atoms with Gasteiger partial charge in [-0.05, 0) is 44.4 Å².